The van der Waals surface area contributed by atoms with E-state index in [0.29, 0.717) is 6.61 Å². The molecule has 0 bridgehead atoms. The van der Waals surface area contributed by atoms with Crippen molar-refractivity contribution >= 4 is 0 Å². The van der Waals surface area contributed by atoms with Gasteiger partial charge in [-0.25, -0.2) is 9.67 Å². The van der Waals surface area contributed by atoms with Crippen LogP contribution >= 0.6 is 0 Å². The fourth-order valence-electron chi connectivity index (χ4n) is 3.20. The lowest BCUT2D eigenvalue weighted by Gasteiger charge is -2.42. The van der Waals surface area contributed by atoms with Crippen molar-refractivity contribution in [3.63, 3.8) is 0 Å². The molecular formula is C18H26N4O2. The van der Waals surface area contributed by atoms with E-state index < -0.39 is 0 Å². The van der Waals surface area contributed by atoms with Crippen molar-refractivity contribution < 1.29 is 9.47 Å². The van der Waals surface area contributed by atoms with Crippen LogP contribution in [0.5, 0.6) is 5.75 Å². The van der Waals surface area contributed by atoms with Gasteiger partial charge in [0.2, 0.25) is 0 Å². The van der Waals surface area contributed by atoms with Crippen LogP contribution in [-0.4, -0.2) is 51.1 Å². The highest BCUT2D eigenvalue weighted by molar-refractivity contribution is 5.20. The lowest BCUT2D eigenvalue weighted by Crippen LogP contribution is -2.54. The Bertz CT molecular complexity index is 641. The zero-order valence-corrected chi connectivity index (χ0v) is 14.7. The van der Waals surface area contributed by atoms with Gasteiger partial charge in [0.1, 0.15) is 30.6 Å². The molecule has 1 aromatic heterocycles. The number of para-hydroxylation sites is 1. The van der Waals surface area contributed by atoms with E-state index in [0.717, 1.165) is 37.8 Å². The summed E-state index contributed by atoms with van der Waals surface area (Å²) >= 11 is 0. The number of hydrogen-bond acceptors (Lipinski definition) is 5. The monoisotopic (exact) mass is 330 g/mol. The fourth-order valence-corrected chi connectivity index (χ4v) is 3.20. The van der Waals surface area contributed by atoms with E-state index in [1.807, 2.05) is 35.0 Å². The van der Waals surface area contributed by atoms with E-state index in [-0.39, 0.29) is 11.7 Å². The van der Waals surface area contributed by atoms with Gasteiger partial charge >= 0.3 is 0 Å². The van der Waals surface area contributed by atoms with Gasteiger partial charge in [0.25, 0.3) is 0 Å². The van der Waals surface area contributed by atoms with E-state index in [2.05, 4.69) is 35.8 Å². The highest BCUT2D eigenvalue weighted by Gasteiger charge is 2.34. The van der Waals surface area contributed by atoms with Crippen molar-refractivity contribution in [2.24, 2.45) is 0 Å². The summed E-state index contributed by atoms with van der Waals surface area (Å²) in [6, 6.07) is 9.87. The van der Waals surface area contributed by atoms with Gasteiger partial charge in [-0.05, 0) is 32.9 Å². The van der Waals surface area contributed by atoms with E-state index in [9.17, 15) is 0 Å². The molecule has 2 aromatic rings. The molecule has 0 amide bonds. The van der Waals surface area contributed by atoms with Crippen LogP contribution < -0.4 is 4.74 Å². The van der Waals surface area contributed by atoms with Crippen LogP contribution in [0.2, 0.25) is 0 Å². The Morgan fingerprint density at radius 2 is 2.08 bits per heavy atom. The maximum absolute atomic E-state index is 6.19. The third kappa shape index (κ3) is 4.33. The number of aromatic nitrogens is 3. The summed E-state index contributed by atoms with van der Waals surface area (Å²) in [6.45, 7) is 10.2. The Balaban J connectivity index is 1.61. The lowest BCUT2D eigenvalue weighted by molar-refractivity contribution is -0.148. The second-order valence-electron chi connectivity index (χ2n) is 6.79. The first kappa shape index (κ1) is 16.9. The molecule has 6 nitrogen and oxygen atoms in total. The van der Waals surface area contributed by atoms with Crippen molar-refractivity contribution in [3.8, 4) is 5.75 Å². The minimum Gasteiger partial charge on any atom is -0.491 e. The number of hydrogen-bond donors (Lipinski definition) is 0. The summed E-state index contributed by atoms with van der Waals surface area (Å²) in [5.41, 5.74) is -0.208. The lowest BCUT2D eigenvalue weighted by atomic mass is 10.1. The second kappa shape index (κ2) is 7.32. The number of benzene rings is 1. The first-order valence-corrected chi connectivity index (χ1v) is 8.50. The summed E-state index contributed by atoms with van der Waals surface area (Å²) in [7, 11) is 0. The molecule has 1 aliphatic rings. The van der Waals surface area contributed by atoms with Crippen LogP contribution in [-0.2, 0) is 17.8 Å². The Labute approximate surface area is 143 Å². The van der Waals surface area contributed by atoms with Gasteiger partial charge in [0.15, 0.2) is 0 Å². The topological polar surface area (TPSA) is 52.4 Å². The molecule has 24 heavy (non-hydrogen) atoms. The molecule has 1 aromatic carbocycles. The van der Waals surface area contributed by atoms with E-state index >= 15 is 0 Å². The maximum atomic E-state index is 6.19. The van der Waals surface area contributed by atoms with Crippen LogP contribution in [0.1, 0.15) is 26.6 Å². The quantitative estimate of drug-likeness (QED) is 0.814. The van der Waals surface area contributed by atoms with Crippen LogP contribution in [0.15, 0.2) is 36.7 Å². The first-order valence-electron chi connectivity index (χ1n) is 8.50. The van der Waals surface area contributed by atoms with Crippen molar-refractivity contribution in [2.75, 3.05) is 19.7 Å². The molecule has 1 aliphatic heterocycles. The summed E-state index contributed by atoms with van der Waals surface area (Å²) < 4.78 is 14.0. The fraction of sp³-hybridized carbons (Fsp3) is 0.556. The number of nitrogens with zero attached hydrogens (tertiary/aromatic N) is 4. The second-order valence-corrected chi connectivity index (χ2v) is 6.79. The summed E-state index contributed by atoms with van der Waals surface area (Å²) in [6.07, 6.45) is 1.66. The third-order valence-corrected chi connectivity index (χ3v) is 4.09. The number of morpholine rings is 1. The summed E-state index contributed by atoms with van der Waals surface area (Å²) in [4.78, 5) is 6.76. The van der Waals surface area contributed by atoms with Gasteiger partial charge in [0.05, 0.1) is 12.1 Å². The standard InChI is InChI=1S/C18H26N4O2/c1-4-22-17(19-14-20-22)11-21-10-16(24-18(2,3)13-21)12-23-15-8-6-5-7-9-15/h5-9,14,16H,4,10-13H2,1-3H3/t16-/m1/s1. The van der Waals surface area contributed by atoms with Crippen LogP contribution in [0, 0.1) is 0 Å². The Kier molecular flexibility index (Phi) is 5.16. The molecule has 130 valence electrons. The average Bonchev–Trinajstić information content (AvgIpc) is 2.99. The van der Waals surface area contributed by atoms with Crippen molar-refractivity contribution in [1.29, 1.82) is 0 Å². The van der Waals surface area contributed by atoms with Gasteiger partial charge in [-0.3, -0.25) is 4.90 Å². The highest BCUT2D eigenvalue weighted by Crippen LogP contribution is 2.23. The van der Waals surface area contributed by atoms with Gasteiger partial charge in [-0.15, -0.1) is 0 Å². The predicted molar refractivity (Wildman–Crippen MR) is 91.9 cm³/mol. The minimum absolute atomic E-state index is 0.0342. The molecule has 3 rings (SSSR count). The summed E-state index contributed by atoms with van der Waals surface area (Å²) in [5, 5.41) is 4.25. The molecule has 1 atom stereocenters. The highest BCUT2D eigenvalue weighted by atomic mass is 16.5. The number of rotatable bonds is 6. The molecule has 0 N–H and O–H groups in total. The Morgan fingerprint density at radius 3 is 2.83 bits per heavy atom. The number of ether oxygens (including phenoxy) is 2. The third-order valence-electron chi connectivity index (χ3n) is 4.09. The largest absolute Gasteiger partial charge is 0.491 e. The van der Waals surface area contributed by atoms with E-state index in [1.54, 1.807) is 6.33 Å². The average molecular weight is 330 g/mol. The van der Waals surface area contributed by atoms with Gasteiger partial charge in [-0.2, -0.15) is 5.10 Å². The number of aryl methyl sites for hydroxylation is 1. The van der Waals surface area contributed by atoms with E-state index in [4.69, 9.17) is 9.47 Å². The molecule has 2 heterocycles. The smallest absolute Gasteiger partial charge is 0.140 e. The molecule has 0 aliphatic carbocycles. The molecule has 6 heteroatoms. The summed E-state index contributed by atoms with van der Waals surface area (Å²) in [5.74, 6) is 1.87. The van der Waals surface area contributed by atoms with Crippen molar-refractivity contribution in [2.45, 2.75) is 45.6 Å². The minimum atomic E-state index is -0.208. The molecule has 0 spiro atoms. The first-order chi connectivity index (χ1) is 11.6. The SMILES string of the molecule is CCn1ncnc1CN1C[C@H](COc2ccccc2)OC(C)(C)C1. The molecule has 0 saturated carbocycles. The molecular weight excluding hydrogens is 304 g/mol. The molecule has 0 radical (unpaired) electrons. The molecule has 0 unspecified atom stereocenters. The molecule has 1 fully saturated rings. The Morgan fingerprint density at radius 1 is 1.29 bits per heavy atom. The van der Waals surface area contributed by atoms with Crippen LogP contribution in [0.25, 0.3) is 0 Å². The normalized spacial score (nSPS) is 20.9. The van der Waals surface area contributed by atoms with Crippen molar-refractivity contribution in [3.05, 3.63) is 42.5 Å². The maximum Gasteiger partial charge on any atom is 0.140 e. The predicted octanol–water partition coefficient (Wildman–Crippen LogP) is 2.36. The molecule has 1 saturated heterocycles. The van der Waals surface area contributed by atoms with E-state index in [1.165, 1.54) is 0 Å². The zero-order chi connectivity index (χ0) is 17.0. The van der Waals surface area contributed by atoms with Gasteiger partial charge in [-0.1, -0.05) is 18.2 Å². The van der Waals surface area contributed by atoms with Crippen LogP contribution in [0.3, 0.4) is 0 Å². The van der Waals surface area contributed by atoms with Crippen LogP contribution in [0.4, 0.5) is 0 Å². The zero-order valence-electron chi connectivity index (χ0n) is 14.7. The Hall–Kier alpha value is -1.92. The van der Waals surface area contributed by atoms with Crippen molar-refractivity contribution in [1.82, 2.24) is 19.7 Å². The van der Waals surface area contributed by atoms with Gasteiger partial charge < -0.3 is 9.47 Å². The van der Waals surface area contributed by atoms with Gasteiger partial charge in [0, 0.05) is 19.6 Å².